The molecule has 0 radical (unpaired) electrons. The number of esters is 1. The Morgan fingerprint density at radius 3 is 1.86 bits per heavy atom. The Bertz CT molecular complexity index is 1610. The number of rotatable bonds is 14. The molecule has 11 heteroatoms. The van der Waals surface area contributed by atoms with Gasteiger partial charge < -0.3 is 31.2 Å². The molecule has 49 heavy (non-hydrogen) atoms. The van der Waals surface area contributed by atoms with Crippen molar-refractivity contribution in [3.05, 3.63) is 95.6 Å². The lowest BCUT2D eigenvalue weighted by molar-refractivity contribution is -0.159. The summed E-state index contributed by atoms with van der Waals surface area (Å²) in [5.41, 5.74) is 9.53. The summed E-state index contributed by atoms with van der Waals surface area (Å²) in [7, 11) is 0. The van der Waals surface area contributed by atoms with Crippen molar-refractivity contribution in [3.63, 3.8) is 0 Å². The second kappa shape index (κ2) is 16.3. The summed E-state index contributed by atoms with van der Waals surface area (Å²) in [5, 5.41) is 8.10. The number of hydrogen-bond acceptors (Lipinski definition) is 7. The van der Waals surface area contributed by atoms with E-state index in [1.165, 1.54) is 0 Å². The Balaban J connectivity index is 1.47. The summed E-state index contributed by atoms with van der Waals surface area (Å²) in [6, 6.07) is 21.7. The number of primary amides is 1. The zero-order valence-corrected chi connectivity index (χ0v) is 28.7. The Kier molecular flexibility index (Phi) is 12.2. The summed E-state index contributed by atoms with van der Waals surface area (Å²) in [5.74, 6) is -3.17. The van der Waals surface area contributed by atoms with Crippen LogP contribution in [0.1, 0.15) is 70.1 Å². The standard InChI is InChI=1S/C38H46N4O7/c1-23(2)33(42-37(47)48-22-29-27-17-11-9-15-25(27)26-16-10-12-18-28(26)29)35(45)41-31(21-24-13-7-6-8-14-24)34(44)40-30(19-20-32(39)43)36(46)49-38(3,4)5/h6-18,23,29-31,33H,19-22H2,1-5H3,(H2,39,43)(H,40,44)(H,41,45)(H,42,47)/t30-,31-,33-/m0/s1. The predicted molar refractivity (Wildman–Crippen MR) is 185 cm³/mol. The molecule has 260 valence electrons. The number of nitrogens with one attached hydrogen (secondary N) is 3. The van der Waals surface area contributed by atoms with Gasteiger partial charge in [0.2, 0.25) is 17.7 Å². The minimum absolute atomic E-state index is 0.0721. The van der Waals surface area contributed by atoms with Crippen LogP contribution < -0.4 is 21.7 Å². The number of ether oxygens (including phenoxy) is 2. The first-order chi connectivity index (χ1) is 23.2. The van der Waals surface area contributed by atoms with Gasteiger partial charge in [-0.15, -0.1) is 0 Å². The molecule has 0 aliphatic heterocycles. The zero-order valence-electron chi connectivity index (χ0n) is 28.7. The molecule has 11 nitrogen and oxygen atoms in total. The molecule has 0 unspecified atom stereocenters. The smallest absolute Gasteiger partial charge is 0.407 e. The maximum atomic E-state index is 13.7. The topological polar surface area (TPSA) is 166 Å². The van der Waals surface area contributed by atoms with E-state index in [1.54, 1.807) is 58.9 Å². The lowest BCUT2D eigenvalue weighted by Gasteiger charge is -2.28. The van der Waals surface area contributed by atoms with E-state index in [9.17, 15) is 24.0 Å². The fraction of sp³-hybridized carbons (Fsp3) is 0.395. The molecule has 0 bridgehead atoms. The SMILES string of the molecule is CC(C)[C@H](NC(=O)OCC1c2ccccc2-c2ccccc21)C(=O)N[C@@H](Cc1ccccc1)C(=O)N[C@@H](CCC(N)=O)C(=O)OC(C)(C)C. The van der Waals surface area contributed by atoms with Gasteiger partial charge in [0.15, 0.2) is 0 Å². The van der Waals surface area contributed by atoms with Crippen LogP contribution in [0.4, 0.5) is 4.79 Å². The summed E-state index contributed by atoms with van der Waals surface area (Å²) >= 11 is 0. The average molecular weight is 671 g/mol. The first-order valence-electron chi connectivity index (χ1n) is 16.5. The van der Waals surface area contributed by atoms with E-state index >= 15 is 0 Å². The largest absolute Gasteiger partial charge is 0.458 e. The second-order valence-corrected chi connectivity index (χ2v) is 13.5. The Hall–Kier alpha value is -5.19. The molecule has 1 aliphatic rings. The van der Waals surface area contributed by atoms with Gasteiger partial charge in [0, 0.05) is 18.8 Å². The molecule has 0 fully saturated rings. The van der Waals surface area contributed by atoms with E-state index in [1.807, 2.05) is 54.6 Å². The first kappa shape index (κ1) is 36.6. The van der Waals surface area contributed by atoms with E-state index in [2.05, 4.69) is 16.0 Å². The number of nitrogens with two attached hydrogens (primary N) is 1. The normalized spacial score (nSPS) is 14.1. The molecule has 0 heterocycles. The molecule has 0 aromatic heterocycles. The van der Waals surface area contributed by atoms with E-state index in [0.717, 1.165) is 27.8 Å². The van der Waals surface area contributed by atoms with Gasteiger partial charge in [0.25, 0.3) is 0 Å². The van der Waals surface area contributed by atoms with Gasteiger partial charge in [-0.3, -0.25) is 14.4 Å². The van der Waals surface area contributed by atoms with Crippen LogP contribution in [-0.4, -0.2) is 60.1 Å². The molecule has 0 saturated heterocycles. The van der Waals surface area contributed by atoms with Gasteiger partial charge in [0.05, 0.1) is 0 Å². The molecule has 3 aromatic carbocycles. The van der Waals surface area contributed by atoms with Crippen LogP contribution >= 0.6 is 0 Å². The first-order valence-corrected chi connectivity index (χ1v) is 16.5. The minimum atomic E-state index is -1.19. The fourth-order valence-corrected chi connectivity index (χ4v) is 5.80. The van der Waals surface area contributed by atoms with Gasteiger partial charge in [0.1, 0.15) is 30.3 Å². The molecular weight excluding hydrogens is 624 g/mol. The molecule has 5 N–H and O–H groups in total. The van der Waals surface area contributed by atoms with Crippen LogP contribution in [0, 0.1) is 5.92 Å². The quantitative estimate of drug-likeness (QED) is 0.185. The van der Waals surface area contributed by atoms with Gasteiger partial charge >= 0.3 is 12.1 Å². The predicted octanol–water partition coefficient (Wildman–Crippen LogP) is 4.37. The van der Waals surface area contributed by atoms with Crippen LogP contribution in [0.15, 0.2) is 78.9 Å². The maximum Gasteiger partial charge on any atom is 0.407 e. The van der Waals surface area contributed by atoms with Crippen LogP contribution in [0.25, 0.3) is 11.1 Å². The number of amides is 4. The van der Waals surface area contributed by atoms with Crippen molar-refractivity contribution in [2.45, 2.75) is 83.5 Å². The molecule has 0 saturated carbocycles. The Morgan fingerprint density at radius 1 is 0.755 bits per heavy atom. The lowest BCUT2D eigenvalue weighted by atomic mass is 9.98. The van der Waals surface area contributed by atoms with Gasteiger partial charge in [-0.2, -0.15) is 0 Å². The molecule has 0 spiro atoms. The van der Waals surface area contributed by atoms with E-state index in [0.29, 0.717) is 0 Å². The van der Waals surface area contributed by atoms with E-state index in [4.69, 9.17) is 15.2 Å². The summed E-state index contributed by atoms with van der Waals surface area (Å²) in [4.78, 5) is 65.1. The van der Waals surface area contributed by atoms with Crippen LogP contribution in [0.3, 0.4) is 0 Å². The zero-order chi connectivity index (χ0) is 35.7. The number of carbonyl (C=O) groups is 5. The average Bonchev–Trinajstić information content (AvgIpc) is 3.37. The molecule has 3 atom stereocenters. The third kappa shape index (κ3) is 10.2. The van der Waals surface area contributed by atoms with Crippen molar-refractivity contribution in [3.8, 4) is 11.1 Å². The Labute approximate surface area is 287 Å². The highest BCUT2D eigenvalue weighted by Gasteiger charge is 2.34. The van der Waals surface area contributed by atoms with Crippen molar-refractivity contribution < 1.29 is 33.4 Å². The lowest BCUT2D eigenvalue weighted by Crippen LogP contribution is -2.58. The van der Waals surface area contributed by atoms with E-state index < -0.39 is 53.5 Å². The third-order valence-corrected chi connectivity index (χ3v) is 8.17. The summed E-state index contributed by atoms with van der Waals surface area (Å²) in [6.45, 7) is 8.66. The number of alkyl carbamates (subject to hydrolysis) is 1. The minimum Gasteiger partial charge on any atom is -0.458 e. The van der Waals surface area contributed by atoms with Crippen molar-refractivity contribution in [1.82, 2.24) is 16.0 Å². The Morgan fingerprint density at radius 2 is 1.31 bits per heavy atom. The molecule has 4 amide bonds. The summed E-state index contributed by atoms with van der Waals surface area (Å²) < 4.78 is 11.2. The van der Waals surface area contributed by atoms with Gasteiger partial charge in [-0.05, 0) is 60.9 Å². The number of hydrogen-bond donors (Lipinski definition) is 4. The van der Waals surface area contributed by atoms with Crippen LogP contribution in [-0.2, 0) is 35.1 Å². The van der Waals surface area contributed by atoms with Gasteiger partial charge in [-0.25, -0.2) is 9.59 Å². The maximum absolute atomic E-state index is 13.7. The van der Waals surface area contributed by atoms with Gasteiger partial charge in [-0.1, -0.05) is 92.7 Å². The fourth-order valence-electron chi connectivity index (χ4n) is 5.80. The number of benzene rings is 3. The summed E-state index contributed by atoms with van der Waals surface area (Å²) in [6.07, 6.45) is -0.930. The van der Waals surface area contributed by atoms with Crippen LogP contribution in [0.2, 0.25) is 0 Å². The molecular formula is C38H46N4O7. The third-order valence-electron chi connectivity index (χ3n) is 8.17. The van der Waals surface area contributed by atoms with Crippen molar-refractivity contribution in [2.75, 3.05) is 6.61 Å². The second-order valence-electron chi connectivity index (χ2n) is 13.5. The van der Waals surface area contributed by atoms with E-state index in [-0.39, 0.29) is 37.7 Å². The molecule has 4 rings (SSSR count). The van der Waals surface area contributed by atoms with Crippen LogP contribution in [0.5, 0.6) is 0 Å². The van der Waals surface area contributed by atoms with Crippen molar-refractivity contribution in [2.24, 2.45) is 11.7 Å². The highest BCUT2D eigenvalue weighted by atomic mass is 16.6. The highest BCUT2D eigenvalue weighted by Crippen LogP contribution is 2.44. The number of fused-ring (bicyclic) bond motifs is 3. The molecule has 1 aliphatic carbocycles. The number of carbonyl (C=O) groups excluding carboxylic acids is 5. The molecule has 3 aromatic rings. The van der Waals surface area contributed by atoms with Crippen molar-refractivity contribution >= 4 is 29.8 Å². The highest BCUT2D eigenvalue weighted by molar-refractivity contribution is 5.93. The van der Waals surface area contributed by atoms with Crippen molar-refractivity contribution in [1.29, 1.82) is 0 Å². The monoisotopic (exact) mass is 670 g/mol.